The van der Waals surface area contributed by atoms with Crippen LogP contribution in [-0.2, 0) is 11.2 Å². The highest BCUT2D eigenvalue weighted by molar-refractivity contribution is 6.34. The normalized spacial score (nSPS) is 10.5. The molecule has 0 fully saturated rings. The van der Waals surface area contributed by atoms with Crippen LogP contribution in [0.5, 0.6) is 0 Å². The molecule has 0 unspecified atom stereocenters. The quantitative estimate of drug-likeness (QED) is 0.542. The molecule has 5 heteroatoms. The predicted octanol–water partition coefficient (Wildman–Crippen LogP) is 5.20. The lowest BCUT2D eigenvalue weighted by Crippen LogP contribution is -2.25. The van der Waals surface area contributed by atoms with Crippen molar-refractivity contribution in [3.05, 3.63) is 83.1 Å². The number of benzene rings is 2. The number of rotatable bonds is 6. The van der Waals surface area contributed by atoms with E-state index in [1.54, 1.807) is 24.3 Å². The third-order valence-electron chi connectivity index (χ3n) is 4.61. The summed E-state index contributed by atoms with van der Waals surface area (Å²) in [5, 5.41) is 0.513. The van der Waals surface area contributed by atoms with Crippen LogP contribution >= 0.6 is 11.6 Å². The Morgan fingerprint density at radius 1 is 1.04 bits per heavy atom. The SMILES string of the molecule is CCC(=O)N(C)c1ccc(-c2ccc(C(=O)Cc3cccnc3)cc2)cc1Cl. The standard InChI is InChI=1S/C23H21ClN2O2/c1-3-23(28)26(2)21-11-10-19(14-20(21)24)17-6-8-18(9-7-17)22(27)13-16-5-4-12-25-15-16/h4-12,14-15H,3,13H2,1-2H3. The van der Waals surface area contributed by atoms with Crippen molar-refractivity contribution < 1.29 is 9.59 Å². The number of ketones is 1. The number of pyridine rings is 1. The minimum Gasteiger partial charge on any atom is -0.314 e. The highest BCUT2D eigenvalue weighted by Crippen LogP contribution is 2.31. The number of hydrogen-bond acceptors (Lipinski definition) is 3. The van der Waals surface area contributed by atoms with Crippen LogP contribution in [0.4, 0.5) is 5.69 Å². The van der Waals surface area contributed by atoms with Crippen LogP contribution in [0, 0.1) is 0 Å². The van der Waals surface area contributed by atoms with E-state index in [2.05, 4.69) is 4.98 Å². The summed E-state index contributed by atoms with van der Waals surface area (Å²) in [4.78, 5) is 29.9. The van der Waals surface area contributed by atoms with Crippen LogP contribution in [0.1, 0.15) is 29.3 Å². The molecule has 4 nitrogen and oxygen atoms in total. The number of aromatic nitrogens is 1. The first-order valence-electron chi connectivity index (χ1n) is 9.08. The first-order valence-corrected chi connectivity index (χ1v) is 9.46. The second-order valence-corrected chi connectivity index (χ2v) is 6.92. The van der Waals surface area contributed by atoms with Gasteiger partial charge in [0.25, 0.3) is 0 Å². The lowest BCUT2D eigenvalue weighted by Gasteiger charge is -2.18. The molecule has 0 radical (unpaired) electrons. The molecule has 0 aliphatic carbocycles. The molecule has 0 atom stereocenters. The Morgan fingerprint density at radius 3 is 2.36 bits per heavy atom. The van der Waals surface area contributed by atoms with Crippen LogP contribution in [0.3, 0.4) is 0 Å². The van der Waals surface area contributed by atoms with E-state index in [1.165, 1.54) is 0 Å². The van der Waals surface area contributed by atoms with Gasteiger partial charge in [-0.3, -0.25) is 14.6 Å². The van der Waals surface area contributed by atoms with Gasteiger partial charge in [0.2, 0.25) is 5.91 Å². The largest absolute Gasteiger partial charge is 0.314 e. The lowest BCUT2D eigenvalue weighted by atomic mass is 9.99. The Kier molecular flexibility index (Phi) is 6.22. The van der Waals surface area contributed by atoms with Crippen LogP contribution in [0.15, 0.2) is 67.0 Å². The van der Waals surface area contributed by atoms with Gasteiger partial charge in [-0.2, -0.15) is 0 Å². The number of carbonyl (C=O) groups excluding carboxylic acids is 2. The zero-order valence-corrected chi connectivity index (χ0v) is 16.6. The molecule has 0 aliphatic rings. The second-order valence-electron chi connectivity index (χ2n) is 6.51. The zero-order chi connectivity index (χ0) is 20.1. The summed E-state index contributed by atoms with van der Waals surface area (Å²) in [6.45, 7) is 1.82. The third kappa shape index (κ3) is 4.46. The van der Waals surface area contributed by atoms with E-state index in [0.29, 0.717) is 29.1 Å². The summed E-state index contributed by atoms with van der Waals surface area (Å²) in [5.41, 5.74) is 4.11. The summed E-state index contributed by atoms with van der Waals surface area (Å²) in [7, 11) is 1.72. The van der Waals surface area contributed by atoms with E-state index in [1.807, 2.05) is 61.5 Å². The van der Waals surface area contributed by atoms with Crippen LogP contribution < -0.4 is 4.90 Å². The van der Waals surface area contributed by atoms with Crippen molar-refractivity contribution in [3.63, 3.8) is 0 Å². The average Bonchev–Trinajstić information content (AvgIpc) is 2.73. The summed E-state index contributed by atoms with van der Waals surface area (Å²) < 4.78 is 0. The average molecular weight is 393 g/mol. The Bertz CT molecular complexity index is 985. The molecule has 0 saturated heterocycles. The van der Waals surface area contributed by atoms with Gasteiger partial charge in [0.1, 0.15) is 0 Å². The maximum absolute atomic E-state index is 12.4. The van der Waals surface area contributed by atoms with Crippen molar-refractivity contribution in [2.75, 3.05) is 11.9 Å². The van der Waals surface area contributed by atoms with Crippen molar-refractivity contribution in [2.24, 2.45) is 0 Å². The second kappa shape index (κ2) is 8.81. The molecule has 1 aromatic heterocycles. The van der Waals surface area contributed by atoms with Gasteiger partial charge in [0.15, 0.2) is 5.78 Å². The summed E-state index contributed by atoms with van der Waals surface area (Å²) in [5.74, 6) is 0.0544. The van der Waals surface area contributed by atoms with Crippen molar-refractivity contribution >= 4 is 29.0 Å². The zero-order valence-electron chi connectivity index (χ0n) is 15.9. The van der Waals surface area contributed by atoms with Crippen LogP contribution in [-0.4, -0.2) is 23.7 Å². The van der Waals surface area contributed by atoms with Crippen molar-refractivity contribution in [1.82, 2.24) is 4.98 Å². The molecule has 3 aromatic rings. The summed E-state index contributed by atoms with van der Waals surface area (Å²) in [6.07, 6.45) is 4.14. The van der Waals surface area contributed by atoms with Gasteiger partial charge in [0.05, 0.1) is 10.7 Å². The molecule has 0 saturated carbocycles. The highest BCUT2D eigenvalue weighted by atomic mass is 35.5. The van der Waals surface area contributed by atoms with Crippen molar-refractivity contribution in [3.8, 4) is 11.1 Å². The van der Waals surface area contributed by atoms with Gasteiger partial charge < -0.3 is 4.90 Å². The molecule has 0 aliphatic heterocycles. The fourth-order valence-corrected chi connectivity index (χ4v) is 3.28. The minimum atomic E-state index is 0.00568. The van der Waals surface area contributed by atoms with Gasteiger partial charge in [-0.15, -0.1) is 0 Å². The minimum absolute atomic E-state index is 0.00568. The summed E-state index contributed by atoms with van der Waals surface area (Å²) >= 11 is 6.39. The number of nitrogens with zero attached hydrogens (tertiary/aromatic N) is 2. The van der Waals surface area contributed by atoms with Crippen molar-refractivity contribution in [2.45, 2.75) is 19.8 Å². The lowest BCUT2D eigenvalue weighted by molar-refractivity contribution is -0.118. The molecular formula is C23H21ClN2O2. The monoisotopic (exact) mass is 392 g/mol. The highest BCUT2D eigenvalue weighted by Gasteiger charge is 2.13. The number of carbonyl (C=O) groups is 2. The van der Waals surface area contributed by atoms with Gasteiger partial charge in [-0.25, -0.2) is 0 Å². The summed E-state index contributed by atoms with van der Waals surface area (Å²) in [6, 6.07) is 16.8. The topological polar surface area (TPSA) is 50.3 Å². The predicted molar refractivity (Wildman–Crippen MR) is 113 cm³/mol. The number of hydrogen-bond donors (Lipinski definition) is 0. The Balaban J connectivity index is 1.77. The molecule has 2 aromatic carbocycles. The van der Waals surface area contributed by atoms with Gasteiger partial charge in [-0.1, -0.05) is 54.9 Å². The van der Waals surface area contributed by atoms with E-state index in [0.717, 1.165) is 16.7 Å². The number of anilines is 1. The van der Waals surface area contributed by atoms with Gasteiger partial charge in [-0.05, 0) is 34.9 Å². The van der Waals surface area contributed by atoms with Gasteiger partial charge in [0, 0.05) is 37.8 Å². The molecule has 1 amide bonds. The number of amides is 1. The fraction of sp³-hybridized carbons (Fsp3) is 0.174. The molecule has 0 spiro atoms. The Hall–Kier alpha value is -2.98. The molecular weight excluding hydrogens is 372 g/mol. The number of halogens is 1. The first-order chi connectivity index (χ1) is 13.5. The first kappa shape index (κ1) is 19.8. The van der Waals surface area contributed by atoms with Crippen molar-refractivity contribution in [1.29, 1.82) is 0 Å². The fourth-order valence-electron chi connectivity index (χ4n) is 2.97. The van der Waals surface area contributed by atoms with E-state index >= 15 is 0 Å². The molecule has 0 bridgehead atoms. The number of Topliss-reactive ketones (excluding diaryl/α,β-unsaturated/α-hetero) is 1. The maximum atomic E-state index is 12.4. The van der Waals surface area contributed by atoms with Gasteiger partial charge >= 0.3 is 0 Å². The molecule has 142 valence electrons. The Labute approximate surface area is 169 Å². The van der Waals surface area contributed by atoms with Crippen LogP contribution in [0.25, 0.3) is 11.1 Å². The van der Waals surface area contributed by atoms with E-state index in [-0.39, 0.29) is 11.7 Å². The smallest absolute Gasteiger partial charge is 0.226 e. The third-order valence-corrected chi connectivity index (χ3v) is 4.92. The van der Waals surface area contributed by atoms with E-state index in [4.69, 9.17) is 11.6 Å². The molecule has 1 heterocycles. The van der Waals surface area contributed by atoms with E-state index in [9.17, 15) is 9.59 Å². The molecule has 0 N–H and O–H groups in total. The van der Waals surface area contributed by atoms with E-state index < -0.39 is 0 Å². The maximum Gasteiger partial charge on any atom is 0.226 e. The molecule has 28 heavy (non-hydrogen) atoms. The molecule has 3 rings (SSSR count). The Morgan fingerprint density at radius 2 is 1.75 bits per heavy atom. The van der Waals surface area contributed by atoms with Crippen LogP contribution in [0.2, 0.25) is 5.02 Å².